The molecule has 0 spiro atoms. The number of aryl methyl sites for hydroxylation is 2. The van der Waals surface area contributed by atoms with E-state index in [9.17, 15) is 14.7 Å². The van der Waals surface area contributed by atoms with E-state index in [4.69, 9.17) is 4.74 Å². The van der Waals surface area contributed by atoms with Gasteiger partial charge >= 0.3 is 0 Å². The number of hydrogen-bond donors (Lipinski definition) is 2. The quantitative estimate of drug-likeness (QED) is 0.338. The molecule has 1 aliphatic rings. The van der Waals surface area contributed by atoms with Crippen LogP contribution in [-0.4, -0.2) is 43.0 Å². The normalized spacial score (nSPS) is 17.7. The lowest BCUT2D eigenvalue weighted by molar-refractivity contribution is -0.140. The highest BCUT2D eigenvalue weighted by Gasteiger charge is 2.46. The van der Waals surface area contributed by atoms with Gasteiger partial charge in [-0.1, -0.05) is 18.2 Å². The Morgan fingerprint density at radius 3 is 2.64 bits per heavy atom. The minimum atomic E-state index is -0.797. The zero-order chi connectivity index (χ0) is 23.7. The van der Waals surface area contributed by atoms with Gasteiger partial charge in [0.1, 0.15) is 11.5 Å². The number of carbonyl (C=O) groups is 2. The number of rotatable bonds is 6. The maximum atomic E-state index is 13.2. The van der Waals surface area contributed by atoms with Gasteiger partial charge in [0.15, 0.2) is 0 Å². The fourth-order valence-electron chi connectivity index (χ4n) is 4.14. The molecule has 1 amide bonds. The Bertz CT molecular complexity index is 1210. The molecule has 0 radical (unpaired) electrons. The number of H-pyrrole nitrogens is 1. The standard InChI is InChI=1S/C25H26N4O4/c1-14(2)33-19-9-5-8-18(11-19)22-21(23(30)20-15(3)27-28-16(20)4)24(31)25(32)29(22)13-17-7-6-10-26-12-17/h5-12,14,22,30H,13H2,1-4H3,(H,27,28). The van der Waals surface area contributed by atoms with Crippen molar-refractivity contribution in [1.82, 2.24) is 20.1 Å². The van der Waals surface area contributed by atoms with Gasteiger partial charge < -0.3 is 14.7 Å². The lowest BCUT2D eigenvalue weighted by atomic mass is 9.94. The number of pyridine rings is 1. The number of nitrogens with zero attached hydrogens (tertiary/aromatic N) is 3. The fraction of sp³-hybridized carbons (Fsp3) is 0.280. The van der Waals surface area contributed by atoms with Crippen molar-refractivity contribution in [2.75, 3.05) is 0 Å². The lowest BCUT2D eigenvalue weighted by Crippen LogP contribution is -2.29. The molecule has 1 aliphatic heterocycles. The molecule has 3 aromatic rings. The number of benzene rings is 1. The predicted molar refractivity (Wildman–Crippen MR) is 122 cm³/mol. The fourth-order valence-corrected chi connectivity index (χ4v) is 4.14. The first kappa shape index (κ1) is 22.3. The summed E-state index contributed by atoms with van der Waals surface area (Å²) in [6.45, 7) is 7.50. The average molecular weight is 447 g/mol. The Morgan fingerprint density at radius 2 is 2.00 bits per heavy atom. The Morgan fingerprint density at radius 1 is 1.21 bits per heavy atom. The van der Waals surface area contributed by atoms with E-state index in [-0.39, 0.29) is 24.0 Å². The third kappa shape index (κ3) is 4.24. The summed E-state index contributed by atoms with van der Waals surface area (Å²) in [7, 11) is 0. The van der Waals surface area contributed by atoms with Crippen molar-refractivity contribution < 1.29 is 19.4 Å². The largest absolute Gasteiger partial charge is 0.507 e. The zero-order valence-electron chi connectivity index (χ0n) is 19.0. The van der Waals surface area contributed by atoms with Crippen molar-refractivity contribution in [3.05, 3.63) is 82.4 Å². The second-order valence-corrected chi connectivity index (χ2v) is 8.34. The molecular weight excluding hydrogens is 420 g/mol. The van der Waals surface area contributed by atoms with Crippen molar-refractivity contribution >= 4 is 17.4 Å². The minimum Gasteiger partial charge on any atom is -0.507 e. The summed E-state index contributed by atoms with van der Waals surface area (Å²) in [4.78, 5) is 32.0. The highest BCUT2D eigenvalue weighted by atomic mass is 16.5. The Labute approximate surface area is 191 Å². The van der Waals surface area contributed by atoms with Crippen molar-refractivity contribution in [3.63, 3.8) is 0 Å². The van der Waals surface area contributed by atoms with Crippen molar-refractivity contribution in [3.8, 4) is 5.75 Å². The van der Waals surface area contributed by atoms with Gasteiger partial charge in [-0.3, -0.25) is 19.7 Å². The van der Waals surface area contributed by atoms with Gasteiger partial charge in [-0.2, -0.15) is 5.10 Å². The molecule has 0 saturated carbocycles. The molecule has 1 fully saturated rings. The van der Waals surface area contributed by atoms with Gasteiger partial charge in [0.2, 0.25) is 0 Å². The first-order chi connectivity index (χ1) is 15.8. The van der Waals surface area contributed by atoms with Crippen molar-refractivity contribution in [2.45, 2.75) is 46.4 Å². The molecular formula is C25H26N4O4. The molecule has 0 aliphatic carbocycles. The van der Waals surface area contributed by atoms with Gasteiger partial charge in [-0.15, -0.1) is 0 Å². The maximum absolute atomic E-state index is 13.2. The predicted octanol–water partition coefficient (Wildman–Crippen LogP) is 3.83. The van der Waals surface area contributed by atoms with Gasteiger partial charge in [0.25, 0.3) is 11.7 Å². The summed E-state index contributed by atoms with van der Waals surface area (Å²) >= 11 is 0. The molecule has 2 aromatic heterocycles. The van der Waals surface area contributed by atoms with Gasteiger partial charge in [0, 0.05) is 24.6 Å². The summed E-state index contributed by atoms with van der Waals surface area (Å²) in [5.41, 5.74) is 3.04. The molecule has 1 unspecified atom stereocenters. The maximum Gasteiger partial charge on any atom is 0.295 e. The minimum absolute atomic E-state index is 0.0261. The van der Waals surface area contributed by atoms with Crippen LogP contribution in [0.4, 0.5) is 0 Å². The second kappa shape index (κ2) is 8.90. The molecule has 8 nitrogen and oxygen atoms in total. The molecule has 33 heavy (non-hydrogen) atoms. The van der Waals surface area contributed by atoms with E-state index >= 15 is 0 Å². The topological polar surface area (TPSA) is 108 Å². The molecule has 0 bridgehead atoms. The molecule has 1 saturated heterocycles. The number of aromatic amines is 1. The van der Waals surface area contributed by atoms with Gasteiger partial charge in [-0.25, -0.2) is 0 Å². The number of carbonyl (C=O) groups excluding carboxylic acids is 2. The van der Waals surface area contributed by atoms with E-state index in [2.05, 4.69) is 15.2 Å². The monoisotopic (exact) mass is 446 g/mol. The van der Waals surface area contributed by atoms with E-state index in [0.29, 0.717) is 28.3 Å². The number of nitrogens with one attached hydrogen (secondary N) is 1. The number of aliphatic hydroxyl groups excluding tert-OH is 1. The molecule has 1 atom stereocenters. The van der Waals surface area contributed by atoms with E-state index < -0.39 is 17.7 Å². The number of hydrogen-bond acceptors (Lipinski definition) is 6. The van der Waals surface area contributed by atoms with Crippen LogP contribution in [0.3, 0.4) is 0 Å². The molecule has 170 valence electrons. The van der Waals surface area contributed by atoms with Crippen molar-refractivity contribution in [2.24, 2.45) is 0 Å². The van der Waals surface area contributed by atoms with E-state index in [0.717, 1.165) is 5.56 Å². The summed E-state index contributed by atoms with van der Waals surface area (Å²) in [6, 6.07) is 10.1. The lowest BCUT2D eigenvalue weighted by Gasteiger charge is -2.26. The van der Waals surface area contributed by atoms with Crippen LogP contribution in [0.15, 0.2) is 54.4 Å². The number of ether oxygens (including phenoxy) is 1. The van der Waals surface area contributed by atoms with E-state index in [1.807, 2.05) is 38.1 Å². The number of likely N-dealkylation sites (tertiary alicyclic amines) is 1. The van der Waals surface area contributed by atoms with Gasteiger partial charge in [-0.05, 0) is 57.0 Å². The van der Waals surface area contributed by atoms with E-state index in [1.165, 1.54) is 4.90 Å². The van der Waals surface area contributed by atoms with Crippen LogP contribution in [0.5, 0.6) is 5.75 Å². The molecule has 4 rings (SSSR count). The van der Waals surface area contributed by atoms with Crippen LogP contribution < -0.4 is 4.74 Å². The van der Waals surface area contributed by atoms with Crippen LogP contribution in [0.1, 0.15) is 48.0 Å². The smallest absolute Gasteiger partial charge is 0.295 e. The Kier molecular flexibility index (Phi) is 6.00. The third-order valence-corrected chi connectivity index (χ3v) is 5.53. The number of amides is 1. The first-order valence-corrected chi connectivity index (χ1v) is 10.7. The highest BCUT2D eigenvalue weighted by Crippen LogP contribution is 2.41. The van der Waals surface area contributed by atoms with E-state index in [1.54, 1.807) is 38.4 Å². The van der Waals surface area contributed by atoms with Crippen LogP contribution >= 0.6 is 0 Å². The van der Waals surface area contributed by atoms with Crippen LogP contribution in [0.2, 0.25) is 0 Å². The summed E-state index contributed by atoms with van der Waals surface area (Å²) in [6.07, 6.45) is 3.25. The van der Waals surface area contributed by atoms with Gasteiger partial charge in [0.05, 0.1) is 29.0 Å². The first-order valence-electron chi connectivity index (χ1n) is 10.7. The number of aliphatic hydroxyl groups is 1. The second-order valence-electron chi connectivity index (χ2n) is 8.34. The SMILES string of the molecule is Cc1n[nH]c(C)c1C(O)=C1C(=O)C(=O)N(Cc2cccnc2)C1c1cccc(OC(C)C)c1. The number of Topliss-reactive ketones (excluding diaryl/α,β-unsaturated/α-hetero) is 1. The molecule has 3 heterocycles. The summed E-state index contributed by atoms with van der Waals surface area (Å²) in [5, 5.41) is 18.2. The number of aromatic nitrogens is 3. The average Bonchev–Trinajstić information content (AvgIpc) is 3.24. The highest BCUT2D eigenvalue weighted by molar-refractivity contribution is 6.46. The molecule has 1 aromatic carbocycles. The van der Waals surface area contributed by atoms with Crippen molar-refractivity contribution in [1.29, 1.82) is 0 Å². The molecule has 2 N–H and O–H groups in total. The van der Waals surface area contributed by atoms with Crippen LogP contribution in [0.25, 0.3) is 5.76 Å². The zero-order valence-corrected chi connectivity index (χ0v) is 19.0. The summed E-state index contributed by atoms with van der Waals surface area (Å²) in [5.74, 6) is -1.05. The Hall–Kier alpha value is -3.94. The van der Waals surface area contributed by atoms with Crippen LogP contribution in [0, 0.1) is 13.8 Å². The number of ketones is 1. The Balaban J connectivity index is 1.89. The molecule has 8 heteroatoms. The summed E-state index contributed by atoms with van der Waals surface area (Å²) < 4.78 is 5.84. The third-order valence-electron chi connectivity index (χ3n) is 5.53. The van der Waals surface area contributed by atoms with Crippen LogP contribution in [-0.2, 0) is 16.1 Å².